The predicted molar refractivity (Wildman–Crippen MR) is 45.3 cm³/mol. The monoisotopic (exact) mass is 254 g/mol. The van der Waals surface area contributed by atoms with E-state index in [-0.39, 0.29) is 34.9 Å². The van der Waals surface area contributed by atoms with Crippen molar-refractivity contribution in [2.24, 2.45) is 0 Å². The molecule has 2 unspecified atom stereocenters. The predicted octanol–water partition coefficient (Wildman–Crippen LogP) is -1.17. The van der Waals surface area contributed by atoms with Crippen LogP contribution in [-0.2, 0) is 40.8 Å². The number of ether oxygens (including phenoxy) is 2. The quantitative estimate of drug-likeness (QED) is 0.474. The fourth-order valence-corrected chi connectivity index (χ4v) is 0.713. The Labute approximate surface area is 102 Å². The Morgan fingerprint density at radius 3 is 1.47 bits per heavy atom. The minimum absolute atomic E-state index is 0. The van der Waals surface area contributed by atoms with E-state index in [4.69, 9.17) is 10.2 Å². The van der Waals surface area contributed by atoms with E-state index in [1.807, 2.05) is 0 Å². The summed E-state index contributed by atoms with van der Waals surface area (Å²) < 4.78 is 8.79. The molecule has 0 aromatic carbocycles. The van der Waals surface area contributed by atoms with Gasteiger partial charge in [-0.25, -0.2) is 9.59 Å². The topological polar surface area (TPSA) is 93.1 Å². The van der Waals surface area contributed by atoms with Crippen LogP contribution in [0, 0.1) is 0 Å². The molecule has 0 rings (SSSR count). The molecule has 15 heavy (non-hydrogen) atoms. The van der Waals surface area contributed by atoms with E-state index in [1.54, 1.807) is 13.8 Å². The summed E-state index contributed by atoms with van der Waals surface area (Å²) >= 11 is 0. The van der Waals surface area contributed by atoms with Crippen LogP contribution in [-0.4, -0.2) is 47.6 Å². The van der Waals surface area contributed by atoms with Crippen molar-refractivity contribution in [3.63, 3.8) is 0 Å². The third-order valence-electron chi connectivity index (χ3n) is 1.36. The summed E-state index contributed by atoms with van der Waals surface area (Å²) in [6, 6.07) is 0. The zero-order valence-electron chi connectivity index (χ0n) is 8.60. The second-order valence-corrected chi connectivity index (χ2v) is 2.39. The van der Waals surface area contributed by atoms with E-state index in [1.165, 1.54) is 0 Å². The van der Waals surface area contributed by atoms with E-state index in [0.717, 1.165) is 0 Å². The van der Waals surface area contributed by atoms with E-state index in [2.05, 4.69) is 9.47 Å². The molecule has 0 fully saturated rings. The maximum absolute atomic E-state index is 10.9. The molecule has 2 atom stereocenters. The number of rotatable bonds is 5. The average molecular weight is 254 g/mol. The van der Waals surface area contributed by atoms with Gasteiger partial charge in [0.1, 0.15) is 0 Å². The summed E-state index contributed by atoms with van der Waals surface area (Å²) in [6.07, 6.45) is -3.79. The summed E-state index contributed by atoms with van der Waals surface area (Å²) in [5.74, 6) is -2.10. The maximum atomic E-state index is 10.9. The first-order valence-corrected chi connectivity index (χ1v) is 4.24. The molecule has 0 spiro atoms. The van der Waals surface area contributed by atoms with Gasteiger partial charge in [0.25, 0.3) is 0 Å². The van der Waals surface area contributed by atoms with Crippen molar-refractivity contribution in [3.8, 4) is 0 Å². The zero-order valence-corrected chi connectivity index (χ0v) is 10.2. The van der Waals surface area contributed by atoms with Gasteiger partial charge in [-0.2, -0.15) is 0 Å². The van der Waals surface area contributed by atoms with Crippen LogP contribution in [0.1, 0.15) is 13.8 Å². The van der Waals surface area contributed by atoms with Crippen molar-refractivity contribution < 1.29 is 51.0 Å². The van der Waals surface area contributed by atoms with Crippen LogP contribution in [0.25, 0.3) is 0 Å². The number of esters is 2. The van der Waals surface area contributed by atoms with Gasteiger partial charge in [-0.3, -0.25) is 0 Å². The molecule has 0 aromatic rings. The molecular formula is C8H14O6Ti. The van der Waals surface area contributed by atoms with Crippen molar-refractivity contribution in [3.05, 3.63) is 0 Å². The molecule has 86 valence electrons. The number of carbonyl (C=O) groups is 2. The van der Waals surface area contributed by atoms with Gasteiger partial charge >= 0.3 is 11.9 Å². The average Bonchev–Trinajstić information content (AvgIpc) is 2.16. The van der Waals surface area contributed by atoms with Gasteiger partial charge < -0.3 is 19.7 Å². The molecular weight excluding hydrogens is 240 g/mol. The molecule has 0 bridgehead atoms. The smallest absolute Gasteiger partial charge is 0.338 e. The summed E-state index contributed by atoms with van der Waals surface area (Å²) in [7, 11) is 0. The maximum Gasteiger partial charge on any atom is 0.338 e. The van der Waals surface area contributed by atoms with Gasteiger partial charge in [-0.05, 0) is 13.8 Å². The second-order valence-electron chi connectivity index (χ2n) is 2.39. The van der Waals surface area contributed by atoms with E-state index >= 15 is 0 Å². The minimum Gasteiger partial charge on any atom is -0.464 e. The van der Waals surface area contributed by atoms with E-state index in [0.29, 0.717) is 0 Å². The van der Waals surface area contributed by atoms with Crippen LogP contribution >= 0.6 is 0 Å². The summed E-state index contributed by atoms with van der Waals surface area (Å²) in [6.45, 7) is 3.21. The Kier molecular flexibility index (Phi) is 10.0. The molecule has 0 radical (unpaired) electrons. The Hall–Kier alpha value is -0.426. The Balaban J connectivity index is 0. The molecule has 7 heteroatoms. The van der Waals surface area contributed by atoms with E-state index < -0.39 is 24.1 Å². The third-order valence-corrected chi connectivity index (χ3v) is 1.36. The first-order chi connectivity index (χ1) is 6.54. The first kappa shape index (κ1) is 17.0. The van der Waals surface area contributed by atoms with Crippen LogP contribution in [0.3, 0.4) is 0 Å². The van der Waals surface area contributed by atoms with Gasteiger partial charge in [0.05, 0.1) is 13.2 Å². The fraction of sp³-hybridized carbons (Fsp3) is 0.750. The van der Waals surface area contributed by atoms with Crippen LogP contribution in [0.5, 0.6) is 0 Å². The Bertz CT molecular complexity index is 185. The van der Waals surface area contributed by atoms with Crippen molar-refractivity contribution in [1.29, 1.82) is 0 Å². The standard InChI is InChI=1S/C8H14O6.Ti/c1-3-13-7(11)5(9)6(10)8(12)14-4-2;/h5-6,9-10H,3-4H2,1-2H3;. The van der Waals surface area contributed by atoms with Gasteiger partial charge in [-0.1, -0.05) is 0 Å². The molecule has 2 N–H and O–H groups in total. The molecule has 0 amide bonds. The number of hydrogen-bond acceptors (Lipinski definition) is 6. The normalized spacial score (nSPS) is 13.3. The molecule has 0 heterocycles. The minimum atomic E-state index is -1.89. The largest absolute Gasteiger partial charge is 0.464 e. The van der Waals surface area contributed by atoms with Gasteiger partial charge in [0.2, 0.25) is 0 Å². The summed E-state index contributed by atoms with van der Waals surface area (Å²) in [5.41, 5.74) is 0. The SMILES string of the molecule is CCOC(=O)C(O)C(O)C(=O)OCC.[Ti]. The van der Waals surface area contributed by atoms with Crippen LogP contribution in [0.2, 0.25) is 0 Å². The van der Waals surface area contributed by atoms with Gasteiger partial charge in [-0.15, -0.1) is 0 Å². The summed E-state index contributed by atoms with van der Waals surface area (Å²) in [5, 5.41) is 18.2. The number of hydrogen-bond donors (Lipinski definition) is 2. The van der Waals surface area contributed by atoms with E-state index in [9.17, 15) is 9.59 Å². The molecule has 6 nitrogen and oxygen atoms in total. The fourth-order valence-electron chi connectivity index (χ4n) is 0.713. The number of carbonyl (C=O) groups excluding carboxylic acids is 2. The van der Waals surface area contributed by atoms with Crippen LogP contribution in [0.15, 0.2) is 0 Å². The number of aliphatic hydroxyl groups is 2. The number of aliphatic hydroxyl groups excluding tert-OH is 2. The molecule has 0 aliphatic carbocycles. The van der Waals surface area contributed by atoms with Crippen LogP contribution in [0.4, 0.5) is 0 Å². The van der Waals surface area contributed by atoms with Gasteiger partial charge in [0.15, 0.2) is 12.2 Å². The molecule has 0 aromatic heterocycles. The van der Waals surface area contributed by atoms with Crippen LogP contribution < -0.4 is 0 Å². The Morgan fingerprint density at radius 2 is 1.27 bits per heavy atom. The van der Waals surface area contributed by atoms with Crippen molar-refractivity contribution in [2.45, 2.75) is 26.1 Å². The third kappa shape index (κ3) is 5.89. The summed E-state index contributed by atoms with van der Waals surface area (Å²) in [4.78, 5) is 21.7. The van der Waals surface area contributed by atoms with Crippen molar-refractivity contribution in [2.75, 3.05) is 13.2 Å². The molecule has 0 aliphatic heterocycles. The molecule has 0 aliphatic rings. The van der Waals surface area contributed by atoms with Crippen molar-refractivity contribution in [1.82, 2.24) is 0 Å². The molecule has 0 saturated heterocycles. The van der Waals surface area contributed by atoms with Gasteiger partial charge in [0, 0.05) is 21.7 Å². The second kappa shape index (κ2) is 8.85. The first-order valence-electron chi connectivity index (χ1n) is 4.24. The molecule has 0 saturated carbocycles. The zero-order chi connectivity index (χ0) is 11.1. The van der Waals surface area contributed by atoms with Crippen molar-refractivity contribution >= 4 is 11.9 Å². The Morgan fingerprint density at radius 1 is 1.00 bits per heavy atom.